The molecule has 4 aromatic rings. The molecule has 33 heavy (non-hydrogen) atoms. The lowest BCUT2D eigenvalue weighted by Gasteiger charge is -2.15. The Morgan fingerprint density at radius 3 is 2.58 bits per heavy atom. The average Bonchev–Trinajstić information content (AvgIpc) is 3.18. The molecule has 4 rings (SSSR count). The third-order valence-corrected chi connectivity index (χ3v) is 6.44. The van der Waals surface area contributed by atoms with Gasteiger partial charge < -0.3 is 10.3 Å². The van der Waals surface area contributed by atoms with Gasteiger partial charge in [0.05, 0.1) is 17.0 Å². The summed E-state index contributed by atoms with van der Waals surface area (Å²) in [5, 5.41) is 3.56. The van der Waals surface area contributed by atoms with E-state index in [0.717, 1.165) is 29.8 Å². The first-order valence-corrected chi connectivity index (χ1v) is 12.0. The molecular weight excluding hydrogens is 432 g/mol. The van der Waals surface area contributed by atoms with Crippen molar-refractivity contribution in [1.82, 2.24) is 19.9 Å². The zero-order valence-corrected chi connectivity index (χ0v) is 19.9. The number of hydrogen-bond donors (Lipinski definition) is 2. The van der Waals surface area contributed by atoms with Crippen molar-refractivity contribution in [3.8, 4) is 5.69 Å². The summed E-state index contributed by atoms with van der Waals surface area (Å²) in [5.74, 6) is 0.110. The molecule has 7 heteroatoms. The number of benzene rings is 2. The minimum Gasteiger partial charge on any atom is -0.353 e. The predicted molar refractivity (Wildman–Crippen MR) is 134 cm³/mol. The van der Waals surface area contributed by atoms with E-state index in [1.165, 1.54) is 17.3 Å². The second-order valence-corrected chi connectivity index (χ2v) is 9.31. The number of aromatic nitrogens is 3. The van der Waals surface area contributed by atoms with Crippen molar-refractivity contribution >= 4 is 28.7 Å². The van der Waals surface area contributed by atoms with Crippen LogP contribution in [0.25, 0.3) is 16.7 Å². The molecule has 0 aliphatic rings. The Kier molecular flexibility index (Phi) is 6.99. The monoisotopic (exact) mass is 460 g/mol. The van der Waals surface area contributed by atoms with Crippen LogP contribution < -0.4 is 10.9 Å². The molecule has 1 atom stereocenters. The van der Waals surface area contributed by atoms with E-state index in [4.69, 9.17) is 4.98 Å². The van der Waals surface area contributed by atoms with Crippen LogP contribution in [-0.4, -0.2) is 32.2 Å². The lowest BCUT2D eigenvalue weighted by molar-refractivity contribution is -0.119. The number of amides is 1. The van der Waals surface area contributed by atoms with Crippen LogP contribution in [0, 0.1) is 13.8 Å². The van der Waals surface area contributed by atoms with E-state index in [1.807, 2.05) is 69.3 Å². The summed E-state index contributed by atoms with van der Waals surface area (Å²) in [5.41, 5.74) is 4.88. The highest BCUT2D eigenvalue weighted by Crippen LogP contribution is 2.22. The predicted octanol–water partition coefficient (Wildman–Crippen LogP) is 4.56. The number of carbonyl (C=O) groups is 1. The minimum atomic E-state index is -0.170. The number of nitrogens with zero attached hydrogens (tertiary/aromatic N) is 2. The molecule has 0 aliphatic heterocycles. The van der Waals surface area contributed by atoms with Crippen LogP contribution in [0.1, 0.15) is 30.2 Å². The maximum Gasteiger partial charge on any atom is 0.283 e. The van der Waals surface area contributed by atoms with E-state index in [9.17, 15) is 9.59 Å². The summed E-state index contributed by atoms with van der Waals surface area (Å²) >= 11 is 1.27. The van der Waals surface area contributed by atoms with Crippen molar-refractivity contribution < 1.29 is 4.79 Å². The number of thioether (sulfide) groups is 1. The highest BCUT2D eigenvalue weighted by molar-refractivity contribution is 7.99. The molecule has 2 heterocycles. The number of aromatic amines is 1. The highest BCUT2D eigenvalue weighted by Gasteiger charge is 2.17. The summed E-state index contributed by atoms with van der Waals surface area (Å²) in [4.78, 5) is 33.7. The number of aryl methyl sites for hydroxylation is 3. The van der Waals surface area contributed by atoms with Gasteiger partial charge in [-0.05, 0) is 57.4 Å². The molecule has 1 amide bonds. The molecule has 2 aromatic heterocycles. The molecule has 170 valence electrons. The van der Waals surface area contributed by atoms with Crippen molar-refractivity contribution in [3.05, 3.63) is 87.8 Å². The van der Waals surface area contributed by atoms with Gasteiger partial charge in [-0.3, -0.25) is 14.2 Å². The Bertz CT molecular complexity index is 1310. The van der Waals surface area contributed by atoms with E-state index in [2.05, 4.69) is 22.4 Å². The van der Waals surface area contributed by atoms with Gasteiger partial charge in [0.1, 0.15) is 5.52 Å². The second-order valence-electron chi connectivity index (χ2n) is 8.36. The van der Waals surface area contributed by atoms with Gasteiger partial charge in [-0.2, -0.15) is 0 Å². The number of rotatable bonds is 8. The molecule has 0 radical (unpaired) electrons. The smallest absolute Gasteiger partial charge is 0.283 e. The van der Waals surface area contributed by atoms with Gasteiger partial charge in [-0.1, -0.05) is 59.8 Å². The Hall–Kier alpha value is -3.32. The number of nitrogens with one attached hydrogen (secondary N) is 2. The second kappa shape index (κ2) is 10.1. The summed E-state index contributed by atoms with van der Waals surface area (Å²) < 4.78 is 1.58. The zero-order valence-electron chi connectivity index (χ0n) is 19.1. The summed E-state index contributed by atoms with van der Waals surface area (Å²) in [6.45, 7) is 5.91. The molecule has 0 spiro atoms. The number of fused-ring (bicyclic) bond motifs is 1. The zero-order chi connectivity index (χ0) is 23.4. The molecule has 0 saturated carbocycles. The van der Waals surface area contributed by atoms with Gasteiger partial charge in [-0.15, -0.1) is 0 Å². The van der Waals surface area contributed by atoms with E-state index < -0.39 is 0 Å². The standard InChI is InChI=1S/C26H28N4O2S/c1-17-9-13-21(14-10-17)30-25(32)24-22(15-19(3)28-24)29-26(30)33-16-23(31)27-18(2)11-12-20-7-5-4-6-8-20/h4-10,13-15,18,28H,11-12,16H2,1-3H3,(H,27,31)/t18-/m1/s1. The van der Waals surface area contributed by atoms with Gasteiger partial charge in [0.2, 0.25) is 5.91 Å². The van der Waals surface area contributed by atoms with Crippen molar-refractivity contribution in [2.24, 2.45) is 0 Å². The van der Waals surface area contributed by atoms with E-state index in [1.54, 1.807) is 4.57 Å². The van der Waals surface area contributed by atoms with Crippen molar-refractivity contribution in [1.29, 1.82) is 0 Å². The molecule has 6 nitrogen and oxygen atoms in total. The van der Waals surface area contributed by atoms with Gasteiger partial charge in [0.15, 0.2) is 5.16 Å². The van der Waals surface area contributed by atoms with Crippen LogP contribution in [0.15, 0.2) is 70.6 Å². The summed E-state index contributed by atoms with van der Waals surface area (Å²) in [6, 6.07) is 19.9. The van der Waals surface area contributed by atoms with E-state index in [-0.39, 0.29) is 23.3 Å². The average molecular weight is 461 g/mol. The number of hydrogen-bond acceptors (Lipinski definition) is 4. The molecule has 0 bridgehead atoms. The van der Waals surface area contributed by atoms with Crippen LogP contribution >= 0.6 is 11.8 Å². The third-order valence-electron chi connectivity index (χ3n) is 5.50. The van der Waals surface area contributed by atoms with Crippen molar-refractivity contribution in [2.75, 3.05) is 5.75 Å². The van der Waals surface area contributed by atoms with Crippen LogP contribution in [0.5, 0.6) is 0 Å². The van der Waals surface area contributed by atoms with Crippen LogP contribution in [-0.2, 0) is 11.2 Å². The SMILES string of the molecule is Cc1ccc(-n2c(SCC(=O)N[C@H](C)CCc3ccccc3)nc3cc(C)[nH]c3c2=O)cc1. The molecular formula is C26H28N4O2S. The number of carbonyl (C=O) groups excluding carboxylic acids is 1. The Balaban J connectivity index is 1.49. The van der Waals surface area contributed by atoms with E-state index >= 15 is 0 Å². The van der Waals surface area contributed by atoms with Gasteiger partial charge >= 0.3 is 0 Å². The Morgan fingerprint density at radius 2 is 1.85 bits per heavy atom. The van der Waals surface area contributed by atoms with Crippen LogP contribution in [0.4, 0.5) is 0 Å². The van der Waals surface area contributed by atoms with Crippen molar-refractivity contribution in [3.63, 3.8) is 0 Å². The van der Waals surface area contributed by atoms with Gasteiger partial charge in [0.25, 0.3) is 5.56 Å². The molecule has 0 saturated heterocycles. The largest absolute Gasteiger partial charge is 0.353 e. The minimum absolute atomic E-state index is 0.0559. The Morgan fingerprint density at radius 1 is 1.12 bits per heavy atom. The van der Waals surface area contributed by atoms with E-state index in [0.29, 0.717) is 16.2 Å². The lowest BCUT2D eigenvalue weighted by Crippen LogP contribution is -2.34. The normalized spacial score (nSPS) is 12.1. The van der Waals surface area contributed by atoms with Crippen LogP contribution in [0.2, 0.25) is 0 Å². The highest BCUT2D eigenvalue weighted by atomic mass is 32.2. The lowest BCUT2D eigenvalue weighted by atomic mass is 10.1. The third kappa shape index (κ3) is 5.54. The quantitative estimate of drug-likeness (QED) is 0.298. The van der Waals surface area contributed by atoms with Gasteiger partial charge in [0, 0.05) is 11.7 Å². The van der Waals surface area contributed by atoms with Crippen molar-refractivity contribution in [2.45, 2.75) is 44.8 Å². The fourth-order valence-electron chi connectivity index (χ4n) is 3.74. The molecule has 0 unspecified atom stereocenters. The summed E-state index contributed by atoms with van der Waals surface area (Å²) in [7, 11) is 0. The fourth-order valence-corrected chi connectivity index (χ4v) is 4.57. The molecule has 0 fully saturated rings. The first-order chi connectivity index (χ1) is 15.9. The number of H-pyrrole nitrogens is 1. The van der Waals surface area contributed by atoms with Gasteiger partial charge in [-0.25, -0.2) is 4.98 Å². The fraction of sp³-hybridized carbons (Fsp3) is 0.269. The molecule has 0 aliphatic carbocycles. The van der Waals surface area contributed by atoms with Crippen LogP contribution in [0.3, 0.4) is 0 Å². The molecule has 2 aromatic carbocycles. The Labute approximate surface area is 197 Å². The first kappa shape index (κ1) is 22.9. The maximum absolute atomic E-state index is 13.3. The molecule has 2 N–H and O–H groups in total. The maximum atomic E-state index is 13.3. The first-order valence-electron chi connectivity index (χ1n) is 11.1. The summed E-state index contributed by atoms with van der Waals surface area (Å²) in [6.07, 6.45) is 1.77. The topological polar surface area (TPSA) is 79.8 Å².